The number of phenolic OH excluding ortho intramolecular Hbond substituents is 1. The van der Waals surface area contributed by atoms with Crippen molar-refractivity contribution in [1.29, 1.82) is 0 Å². The van der Waals surface area contributed by atoms with E-state index < -0.39 is 12.1 Å². The summed E-state index contributed by atoms with van der Waals surface area (Å²) in [5.74, 6) is 0.184. The summed E-state index contributed by atoms with van der Waals surface area (Å²) in [7, 11) is 0. The molecule has 0 fully saturated rings. The third kappa shape index (κ3) is 3.63. The Morgan fingerprint density at radius 2 is 1.67 bits per heavy atom. The van der Waals surface area contributed by atoms with Gasteiger partial charge in [-0.1, -0.05) is 49.4 Å². The zero-order valence-corrected chi connectivity index (χ0v) is 12.5. The zero-order valence-electron chi connectivity index (χ0n) is 12.5. The molecule has 3 nitrogen and oxygen atoms in total. The van der Waals surface area contributed by atoms with Gasteiger partial charge in [0.1, 0.15) is 5.75 Å². The Labute approximate surface area is 126 Å². The number of rotatable bonds is 5. The number of hydrogen-bond donors (Lipinski definition) is 3. The van der Waals surface area contributed by atoms with Gasteiger partial charge in [-0.05, 0) is 36.5 Å². The van der Waals surface area contributed by atoms with Crippen molar-refractivity contribution in [3.8, 4) is 5.75 Å². The van der Waals surface area contributed by atoms with Gasteiger partial charge in [-0.2, -0.15) is 0 Å². The van der Waals surface area contributed by atoms with Crippen molar-refractivity contribution in [1.82, 2.24) is 0 Å². The topological polar surface area (TPSA) is 66.5 Å². The van der Waals surface area contributed by atoms with Crippen molar-refractivity contribution in [2.75, 3.05) is 0 Å². The van der Waals surface area contributed by atoms with Gasteiger partial charge in [0.15, 0.2) is 0 Å². The van der Waals surface area contributed by atoms with Crippen LogP contribution in [0.15, 0.2) is 48.5 Å². The molecule has 21 heavy (non-hydrogen) atoms. The lowest BCUT2D eigenvalue weighted by atomic mass is 9.87. The van der Waals surface area contributed by atoms with E-state index >= 15 is 0 Å². The van der Waals surface area contributed by atoms with E-state index in [9.17, 15) is 10.2 Å². The SMILES string of the molecule is Cc1ccccc1CC(C)[C@@H](N)[C@H](O)c1ccccc1O. The number of hydrogen-bond acceptors (Lipinski definition) is 3. The third-order valence-corrected chi connectivity index (χ3v) is 4.08. The fourth-order valence-electron chi connectivity index (χ4n) is 2.58. The summed E-state index contributed by atoms with van der Waals surface area (Å²) in [5.41, 5.74) is 9.16. The minimum Gasteiger partial charge on any atom is -0.508 e. The van der Waals surface area contributed by atoms with E-state index in [4.69, 9.17) is 5.73 Å². The highest BCUT2D eigenvalue weighted by Gasteiger charge is 2.25. The molecule has 0 aromatic heterocycles. The van der Waals surface area contributed by atoms with E-state index in [-0.39, 0.29) is 11.7 Å². The molecule has 2 aromatic rings. The van der Waals surface area contributed by atoms with Gasteiger partial charge in [0.05, 0.1) is 6.10 Å². The number of aromatic hydroxyl groups is 1. The van der Waals surface area contributed by atoms with Gasteiger partial charge in [0.2, 0.25) is 0 Å². The van der Waals surface area contributed by atoms with E-state index in [1.54, 1.807) is 24.3 Å². The van der Waals surface area contributed by atoms with Crippen LogP contribution in [-0.2, 0) is 6.42 Å². The van der Waals surface area contributed by atoms with Crippen molar-refractivity contribution in [2.24, 2.45) is 11.7 Å². The number of nitrogens with two attached hydrogens (primary N) is 1. The second-order valence-electron chi connectivity index (χ2n) is 5.69. The summed E-state index contributed by atoms with van der Waals surface area (Å²) in [6.07, 6.45) is -0.0661. The lowest BCUT2D eigenvalue weighted by Gasteiger charge is -2.26. The molecule has 0 saturated heterocycles. The maximum Gasteiger partial charge on any atom is 0.121 e. The van der Waals surface area contributed by atoms with Gasteiger partial charge < -0.3 is 15.9 Å². The zero-order chi connectivity index (χ0) is 15.4. The Bertz CT molecular complexity index is 597. The van der Waals surface area contributed by atoms with Crippen molar-refractivity contribution in [3.05, 3.63) is 65.2 Å². The first kappa shape index (κ1) is 15.5. The Balaban J connectivity index is 2.10. The predicted molar refractivity (Wildman–Crippen MR) is 85.1 cm³/mol. The molecule has 0 radical (unpaired) electrons. The summed E-state index contributed by atoms with van der Waals surface area (Å²) >= 11 is 0. The maximum absolute atomic E-state index is 10.4. The largest absolute Gasteiger partial charge is 0.508 e. The summed E-state index contributed by atoms with van der Waals surface area (Å²) < 4.78 is 0. The molecule has 0 amide bonds. The van der Waals surface area contributed by atoms with Crippen LogP contribution in [0.25, 0.3) is 0 Å². The first-order chi connectivity index (χ1) is 10.0. The molecule has 2 aromatic carbocycles. The second-order valence-corrected chi connectivity index (χ2v) is 5.69. The van der Waals surface area contributed by atoms with Crippen molar-refractivity contribution in [3.63, 3.8) is 0 Å². The van der Waals surface area contributed by atoms with Crippen LogP contribution >= 0.6 is 0 Å². The van der Waals surface area contributed by atoms with Crippen LogP contribution in [0.2, 0.25) is 0 Å². The average Bonchev–Trinajstić information content (AvgIpc) is 2.48. The number of aliphatic hydroxyl groups is 1. The molecule has 0 saturated carbocycles. The first-order valence-corrected chi connectivity index (χ1v) is 7.26. The molecule has 0 aliphatic carbocycles. The number of benzene rings is 2. The van der Waals surface area contributed by atoms with Crippen molar-refractivity contribution >= 4 is 0 Å². The molecule has 0 aliphatic rings. The van der Waals surface area contributed by atoms with Crippen LogP contribution in [-0.4, -0.2) is 16.3 Å². The highest BCUT2D eigenvalue weighted by Crippen LogP contribution is 2.29. The summed E-state index contributed by atoms with van der Waals surface area (Å²) in [4.78, 5) is 0. The standard InChI is InChI=1S/C18H23NO2/c1-12-7-3-4-8-14(12)11-13(2)17(19)18(21)15-9-5-6-10-16(15)20/h3-10,13,17-18,20-21H,11,19H2,1-2H3/t13?,17-,18-/m1/s1. The fraction of sp³-hybridized carbons (Fsp3) is 0.333. The fourth-order valence-corrected chi connectivity index (χ4v) is 2.58. The lowest BCUT2D eigenvalue weighted by molar-refractivity contribution is 0.119. The number of phenols is 1. The maximum atomic E-state index is 10.4. The van der Waals surface area contributed by atoms with Gasteiger partial charge >= 0.3 is 0 Å². The normalized spacial score (nSPS) is 15.4. The van der Waals surface area contributed by atoms with Gasteiger partial charge in [-0.15, -0.1) is 0 Å². The first-order valence-electron chi connectivity index (χ1n) is 7.26. The monoisotopic (exact) mass is 285 g/mol. The Kier molecular flexibility index (Phi) is 4.99. The molecular weight excluding hydrogens is 262 g/mol. The van der Waals surface area contributed by atoms with E-state index in [1.165, 1.54) is 11.1 Å². The Hall–Kier alpha value is -1.84. The van der Waals surface area contributed by atoms with Gasteiger partial charge in [-0.25, -0.2) is 0 Å². The van der Waals surface area contributed by atoms with Crippen LogP contribution in [0.3, 0.4) is 0 Å². The van der Waals surface area contributed by atoms with E-state index in [2.05, 4.69) is 19.1 Å². The molecular formula is C18H23NO2. The molecule has 3 heteroatoms. The summed E-state index contributed by atoms with van der Waals surface area (Å²) in [6.45, 7) is 4.10. The Morgan fingerprint density at radius 1 is 1.05 bits per heavy atom. The van der Waals surface area contributed by atoms with Crippen LogP contribution in [0.5, 0.6) is 5.75 Å². The number of para-hydroxylation sites is 1. The second kappa shape index (κ2) is 6.74. The predicted octanol–water partition coefficient (Wildman–Crippen LogP) is 2.94. The van der Waals surface area contributed by atoms with E-state index in [0.717, 1.165) is 6.42 Å². The summed E-state index contributed by atoms with van der Waals surface area (Å²) in [6, 6.07) is 14.6. The van der Waals surface area contributed by atoms with E-state index in [0.29, 0.717) is 5.56 Å². The highest BCUT2D eigenvalue weighted by atomic mass is 16.3. The van der Waals surface area contributed by atoms with Gasteiger partial charge in [0, 0.05) is 11.6 Å². The summed E-state index contributed by atoms with van der Waals surface area (Å²) in [5, 5.41) is 20.2. The van der Waals surface area contributed by atoms with E-state index in [1.807, 2.05) is 19.1 Å². The van der Waals surface area contributed by atoms with Crippen molar-refractivity contribution in [2.45, 2.75) is 32.4 Å². The molecule has 1 unspecified atom stereocenters. The minimum absolute atomic E-state index is 0.0866. The number of aliphatic hydroxyl groups excluding tert-OH is 1. The highest BCUT2D eigenvalue weighted by molar-refractivity contribution is 5.34. The van der Waals surface area contributed by atoms with Crippen LogP contribution < -0.4 is 5.73 Å². The lowest BCUT2D eigenvalue weighted by Crippen LogP contribution is -2.36. The Morgan fingerprint density at radius 3 is 2.33 bits per heavy atom. The molecule has 3 atom stereocenters. The quantitative estimate of drug-likeness (QED) is 0.791. The van der Waals surface area contributed by atoms with Crippen molar-refractivity contribution < 1.29 is 10.2 Å². The molecule has 0 spiro atoms. The average molecular weight is 285 g/mol. The molecule has 0 bridgehead atoms. The number of aryl methyl sites for hydroxylation is 1. The molecule has 0 aliphatic heterocycles. The van der Waals surface area contributed by atoms with Gasteiger partial charge in [-0.3, -0.25) is 0 Å². The smallest absolute Gasteiger partial charge is 0.121 e. The molecule has 2 rings (SSSR count). The molecule has 112 valence electrons. The minimum atomic E-state index is -0.870. The van der Waals surface area contributed by atoms with Crippen LogP contribution in [0, 0.1) is 12.8 Å². The third-order valence-electron chi connectivity index (χ3n) is 4.08. The van der Waals surface area contributed by atoms with Crippen LogP contribution in [0.4, 0.5) is 0 Å². The van der Waals surface area contributed by atoms with Gasteiger partial charge in [0.25, 0.3) is 0 Å². The van der Waals surface area contributed by atoms with Crippen LogP contribution in [0.1, 0.15) is 29.7 Å². The molecule has 4 N–H and O–H groups in total. The molecule has 0 heterocycles.